The van der Waals surface area contributed by atoms with Gasteiger partial charge in [0, 0.05) is 31.4 Å². The molecule has 1 saturated heterocycles. The molecule has 0 aliphatic carbocycles. The van der Waals surface area contributed by atoms with Crippen LogP contribution in [-0.2, 0) is 6.54 Å². The zero-order chi connectivity index (χ0) is 13.9. The van der Waals surface area contributed by atoms with E-state index in [1.807, 2.05) is 18.2 Å². The summed E-state index contributed by atoms with van der Waals surface area (Å²) < 4.78 is 1.57. The molecular weight excluding hydrogens is 288 g/mol. The van der Waals surface area contributed by atoms with Gasteiger partial charge in [-0.05, 0) is 31.5 Å². The molecule has 114 valence electrons. The highest BCUT2D eigenvalue weighted by atomic mass is 35.5. The topological polar surface area (TPSA) is 63.6 Å². The molecule has 0 bridgehead atoms. The van der Waals surface area contributed by atoms with Crippen molar-refractivity contribution in [3.05, 3.63) is 46.5 Å². The molecule has 0 radical (unpaired) electrons. The zero-order valence-corrected chi connectivity index (χ0v) is 12.8. The zero-order valence-electron chi connectivity index (χ0n) is 11.9. The molecule has 1 aliphatic rings. The van der Waals surface area contributed by atoms with Crippen LogP contribution >= 0.6 is 12.4 Å². The Labute approximate surface area is 130 Å². The van der Waals surface area contributed by atoms with E-state index >= 15 is 0 Å². The number of hydrogen-bond acceptors (Lipinski definition) is 4. The molecule has 2 aromatic rings. The van der Waals surface area contributed by atoms with Crippen LogP contribution in [0.5, 0.6) is 0 Å². The fourth-order valence-electron chi connectivity index (χ4n) is 2.93. The molecule has 6 heteroatoms. The number of fused-ring (bicyclic) bond motifs is 1. The highest BCUT2D eigenvalue weighted by molar-refractivity contribution is 5.85. The Morgan fingerprint density at radius 2 is 2.19 bits per heavy atom. The van der Waals surface area contributed by atoms with Crippen molar-refractivity contribution in [2.45, 2.75) is 31.8 Å². The van der Waals surface area contributed by atoms with Crippen LogP contribution in [0.15, 0.2) is 35.3 Å². The van der Waals surface area contributed by atoms with E-state index in [2.05, 4.69) is 9.88 Å². The fraction of sp³-hybridized carbons (Fsp3) is 0.467. The minimum absolute atomic E-state index is 0. The van der Waals surface area contributed by atoms with Crippen LogP contribution in [0.25, 0.3) is 5.65 Å². The van der Waals surface area contributed by atoms with Crippen LogP contribution in [0.4, 0.5) is 0 Å². The van der Waals surface area contributed by atoms with Gasteiger partial charge in [0.25, 0.3) is 5.56 Å². The normalized spacial score (nSPS) is 19.4. The number of nitrogens with zero attached hydrogens (tertiary/aromatic N) is 3. The van der Waals surface area contributed by atoms with Gasteiger partial charge in [-0.3, -0.25) is 14.1 Å². The second-order valence-corrected chi connectivity index (χ2v) is 5.37. The Hall–Kier alpha value is -1.43. The van der Waals surface area contributed by atoms with Gasteiger partial charge in [0.05, 0.1) is 5.69 Å². The standard InChI is InChI=1S/C15H20N4O.ClH/c16-10-13-5-1-3-7-18(13)11-12-9-15(20)19-8-4-2-6-14(19)17-12;/h2,4,6,8-9,13H,1,3,5,7,10-11,16H2;1H. The summed E-state index contributed by atoms with van der Waals surface area (Å²) in [6.07, 6.45) is 5.33. The molecule has 0 aromatic carbocycles. The predicted octanol–water partition coefficient (Wildman–Crippen LogP) is 1.43. The SMILES string of the molecule is Cl.NCC1CCCCN1Cc1cc(=O)n2ccccc2n1. The van der Waals surface area contributed by atoms with Gasteiger partial charge in [0.1, 0.15) is 5.65 Å². The Bertz CT molecular complexity index is 657. The van der Waals surface area contributed by atoms with E-state index in [0.717, 1.165) is 18.7 Å². The van der Waals surface area contributed by atoms with Crippen molar-refractivity contribution in [1.29, 1.82) is 0 Å². The van der Waals surface area contributed by atoms with Gasteiger partial charge < -0.3 is 5.73 Å². The van der Waals surface area contributed by atoms with E-state index < -0.39 is 0 Å². The van der Waals surface area contributed by atoms with E-state index in [0.29, 0.717) is 24.8 Å². The quantitative estimate of drug-likeness (QED) is 0.931. The molecule has 2 N–H and O–H groups in total. The molecule has 21 heavy (non-hydrogen) atoms. The molecule has 5 nitrogen and oxygen atoms in total. The number of halogens is 1. The lowest BCUT2D eigenvalue weighted by Gasteiger charge is -2.34. The van der Waals surface area contributed by atoms with Crippen molar-refractivity contribution in [3.8, 4) is 0 Å². The van der Waals surface area contributed by atoms with E-state index in [-0.39, 0.29) is 18.0 Å². The first-order valence-corrected chi connectivity index (χ1v) is 7.19. The molecule has 1 atom stereocenters. The predicted molar refractivity (Wildman–Crippen MR) is 85.8 cm³/mol. The van der Waals surface area contributed by atoms with Gasteiger partial charge in [-0.15, -0.1) is 12.4 Å². The third kappa shape index (κ3) is 3.43. The Balaban J connectivity index is 0.00000161. The fourth-order valence-corrected chi connectivity index (χ4v) is 2.93. The molecule has 0 amide bonds. The average Bonchev–Trinajstić information content (AvgIpc) is 2.48. The lowest BCUT2D eigenvalue weighted by molar-refractivity contribution is 0.143. The van der Waals surface area contributed by atoms with Gasteiger partial charge in [0.15, 0.2) is 0 Å². The Morgan fingerprint density at radius 3 is 3.00 bits per heavy atom. The van der Waals surface area contributed by atoms with E-state index in [4.69, 9.17) is 5.73 Å². The second kappa shape index (κ2) is 7.02. The molecule has 0 spiro atoms. The van der Waals surface area contributed by atoms with Gasteiger partial charge in [-0.2, -0.15) is 0 Å². The van der Waals surface area contributed by atoms with Crippen LogP contribution in [0.2, 0.25) is 0 Å². The maximum absolute atomic E-state index is 12.1. The summed E-state index contributed by atoms with van der Waals surface area (Å²) in [4.78, 5) is 19.0. The van der Waals surface area contributed by atoms with Crippen LogP contribution in [0.1, 0.15) is 25.0 Å². The lowest BCUT2D eigenvalue weighted by atomic mass is 10.0. The molecule has 1 fully saturated rings. The minimum atomic E-state index is -0.0214. The van der Waals surface area contributed by atoms with Crippen molar-refractivity contribution in [2.75, 3.05) is 13.1 Å². The molecule has 3 heterocycles. The molecule has 1 unspecified atom stereocenters. The molecule has 2 aromatic heterocycles. The summed E-state index contributed by atoms with van der Waals surface area (Å²) in [5, 5.41) is 0. The highest BCUT2D eigenvalue weighted by Gasteiger charge is 2.21. The first-order valence-electron chi connectivity index (χ1n) is 7.19. The van der Waals surface area contributed by atoms with Crippen molar-refractivity contribution in [3.63, 3.8) is 0 Å². The van der Waals surface area contributed by atoms with Gasteiger partial charge in [-0.1, -0.05) is 12.5 Å². The summed E-state index contributed by atoms with van der Waals surface area (Å²) >= 11 is 0. The highest BCUT2D eigenvalue weighted by Crippen LogP contribution is 2.18. The summed E-state index contributed by atoms with van der Waals surface area (Å²) in [6, 6.07) is 7.65. The number of hydrogen-bond donors (Lipinski definition) is 1. The average molecular weight is 309 g/mol. The second-order valence-electron chi connectivity index (χ2n) is 5.37. The Morgan fingerprint density at radius 1 is 1.33 bits per heavy atom. The van der Waals surface area contributed by atoms with Crippen LogP contribution < -0.4 is 11.3 Å². The van der Waals surface area contributed by atoms with Crippen LogP contribution in [0, 0.1) is 0 Å². The van der Waals surface area contributed by atoms with Crippen molar-refractivity contribution >= 4 is 18.1 Å². The molecule has 0 saturated carbocycles. The molecule has 3 rings (SSSR count). The number of rotatable bonds is 3. The van der Waals surface area contributed by atoms with E-state index in [1.165, 1.54) is 12.8 Å². The van der Waals surface area contributed by atoms with E-state index in [1.54, 1.807) is 16.7 Å². The maximum atomic E-state index is 12.1. The van der Waals surface area contributed by atoms with E-state index in [9.17, 15) is 4.79 Å². The largest absolute Gasteiger partial charge is 0.329 e. The smallest absolute Gasteiger partial charge is 0.258 e. The van der Waals surface area contributed by atoms with Crippen molar-refractivity contribution < 1.29 is 0 Å². The third-order valence-electron chi connectivity index (χ3n) is 4.01. The van der Waals surface area contributed by atoms with Gasteiger partial charge in [0.2, 0.25) is 0 Å². The summed E-state index contributed by atoms with van der Waals surface area (Å²) in [6.45, 7) is 2.42. The Kier molecular flexibility index (Phi) is 5.33. The number of piperidine rings is 1. The molecular formula is C15H21ClN4O. The number of nitrogens with two attached hydrogens (primary N) is 1. The van der Waals surface area contributed by atoms with Crippen molar-refractivity contribution in [2.24, 2.45) is 5.73 Å². The van der Waals surface area contributed by atoms with Crippen molar-refractivity contribution in [1.82, 2.24) is 14.3 Å². The van der Waals surface area contributed by atoms with Gasteiger partial charge in [-0.25, -0.2) is 4.98 Å². The molecule has 1 aliphatic heterocycles. The summed E-state index contributed by atoms with van der Waals surface area (Å²) in [5.41, 5.74) is 7.36. The van der Waals surface area contributed by atoms with Crippen LogP contribution in [-0.4, -0.2) is 33.4 Å². The number of aromatic nitrogens is 2. The van der Waals surface area contributed by atoms with Crippen LogP contribution in [0.3, 0.4) is 0 Å². The number of likely N-dealkylation sites (tertiary alicyclic amines) is 1. The first kappa shape index (κ1) is 15.9. The summed E-state index contributed by atoms with van der Waals surface area (Å²) in [5.74, 6) is 0. The van der Waals surface area contributed by atoms with Gasteiger partial charge >= 0.3 is 0 Å². The first-order chi connectivity index (χ1) is 9.78. The minimum Gasteiger partial charge on any atom is -0.329 e. The number of pyridine rings is 1. The monoisotopic (exact) mass is 308 g/mol. The summed E-state index contributed by atoms with van der Waals surface area (Å²) in [7, 11) is 0. The third-order valence-corrected chi connectivity index (χ3v) is 4.01. The lowest BCUT2D eigenvalue weighted by Crippen LogP contribution is -2.43. The maximum Gasteiger partial charge on any atom is 0.258 e.